The Balaban J connectivity index is 1.72. The zero-order valence-electron chi connectivity index (χ0n) is 9.27. The molecule has 1 aromatic rings. The van der Waals surface area contributed by atoms with Gasteiger partial charge in [0.25, 0.3) is 5.91 Å². The van der Waals surface area contributed by atoms with Crippen molar-refractivity contribution in [1.29, 1.82) is 0 Å². The number of hydrogen-bond acceptors (Lipinski definition) is 4. The van der Waals surface area contributed by atoms with Crippen molar-refractivity contribution in [3.05, 3.63) is 17.5 Å². The third-order valence-corrected chi connectivity index (χ3v) is 3.44. The van der Waals surface area contributed by atoms with Crippen LogP contribution in [-0.2, 0) is 0 Å². The van der Waals surface area contributed by atoms with E-state index in [1.807, 2.05) is 11.8 Å². The Morgan fingerprint density at radius 2 is 2.56 bits per heavy atom. The van der Waals surface area contributed by atoms with Gasteiger partial charge < -0.3 is 14.7 Å². The van der Waals surface area contributed by atoms with Crippen molar-refractivity contribution < 1.29 is 9.32 Å². The second-order valence-corrected chi connectivity index (χ2v) is 4.56. The molecule has 5 nitrogen and oxygen atoms in total. The number of aromatic nitrogens is 1. The lowest BCUT2D eigenvalue weighted by atomic mass is 9.88. The average molecular weight is 221 g/mol. The Kier molecular flexibility index (Phi) is 2.21. The van der Waals surface area contributed by atoms with Gasteiger partial charge in [-0.25, -0.2) is 0 Å². The first kappa shape index (κ1) is 9.84. The van der Waals surface area contributed by atoms with Crippen LogP contribution in [0.3, 0.4) is 0 Å². The number of rotatable bonds is 1. The van der Waals surface area contributed by atoms with Crippen molar-refractivity contribution in [3.63, 3.8) is 0 Å². The number of hydrogen-bond donors (Lipinski definition) is 1. The fourth-order valence-corrected chi connectivity index (χ4v) is 2.54. The lowest BCUT2D eigenvalue weighted by molar-refractivity contribution is 0.0141. The molecule has 2 unspecified atom stereocenters. The summed E-state index contributed by atoms with van der Waals surface area (Å²) in [5.74, 6) is 0.340. The molecule has 0 aromatic carbocycles. The topological polar surface area (TPSA) is 58.4 Å². The maximum atomic E-state index is 12.1. The first-order valence-electron chi connectivity index (χ1n) is 5.73. The average Bonchev–Trinajstić information content (AvgIpc) is 2.67. The van der Waals surface area contributed by atoms with Gasteiger partial charge in [0.15, 0.2) is 0 Å². The van der Waals surface area contributed by atoms with Gasteiger partial charge in [-0.1, -0.05) is 5.16 Å². The number of likely N-dealkylation sites (tertiary alicyclic amines) is 1. The molecule has 0 radical (unpaired) electrons. The van der Waals surface area contributed by atoms with Crippen LogP contribution >= 0.6 is 0 Å². The van der Waals surface area contributed by atoms with Crippen LogP contribution in [0.4, 0.5) is 0 Å². The Hall–Kier alpha value is -1.36. The molecular weight excluding hydrogens is 206 g/mol. The smallest absolute Gasteiger partial charge is 0.292 e. The maximum Gasteiger partial charge on any atom is 0.292 e. The van der Waals surface area contributed by atoms with E-state index in [1.165, 1.54) is 0 Å². The van der Waals surface area contributed by atoms with Gasteiger partial charge in [-0.2, -0.15) is 0 Å². The van der Waals surface area contributed by atoms with Crippen LogP contribution in [0.2, 0.25) is 0 Å². The molecule has 1 N–H and O–H groups in total. The van der Waals surface area contributed by atoms with Gasteiger partial charge in [-0.15, -0.1) is 0 Å². The number of carbonyl (C=O) groups excluding carboxylic acids is 1. The van der Waals surface area contributed by atoms with E-state index in [-0.39, 0.29) is 5.91 Å². The van der Waals surface area contributed by atoms with E-state index in [0.29, 0.717) is 17.8 Å². The van der Waals surface area contributed by atoms with E-state index in [0.717, 1.165) is 31.6 Å². The number of amides is 1. The fraction of sp³-hybridized carbons (Fsp3) is 0.636. The number of carbonyl (C=O) groups is 1. The van der Waals surface area contributed by atoms with E-state index in [4.69, 9.17) is 4.52 Å². The SMILES string of the molecule is Cc1cc(C(=O)N2CC3NCCCC32)on1. The Bertz CT molecular complexity index is 415. The molecule has 0 bridgehead atoms. The summed E-state index contributed by atoms with van der Waals surface area (Å²) in [6.07, 6.45) is 2.23. The van der Waals surface area contributed by atoms with Crippen molar-refractivity contribution in [2.24, 2.45) is 0 Å². The molecule has 2 aliphatic rings. The predicted octanol–water partition coefficient (Wildman–Crippen LogP) is 0.559. The molecule has 2 fully saturated rings. The summed E-state index contributed by atoms with van der Waals surface area (Å²) >= 11 is 0. The first-order valence-corrected chi connectivity index (χ1v) is 5.73. The van der Waals surface area contributed by atoms with Crippen molar-refractivity contribution in [2.75, 3.05) is 13.1 Å². The quantitative estimate of drug-likeness (QED) is 0.752. The van der Waals surface area contributed by atoms with Crippen LogP contribution in [0.1, 0.15) is 29.1 Å². The Morgan fingerprint density at radius 1 is 1.69 bits per heavy atom. The lowest BCUT2D eigenvalue weighted by Gasteiger charge is -2.50. The van der Waals surface area contributed by atoms with Crippen LogP contribution in [0.25, 0.3) is 0 Å². The van der Waals surface area contributed by atoms with Crippen LogP contribution in [0.5, 0.6) is 0 Å². The number of nitrogens with one attached hydrogen (secondary N) is 1. The van der Waals surface area contributed by atoms with E-state index >= 15 is 0 Å². The van der Waals surface area contributed by atoms with Crippen molar-refractivity contribution in [3.8, 4) is 0 Å². The van der Waals surface area contributed by atoms with E-state index in [9.17, 15) is 4.79 Å². The summed E-state index contributed by atoms with van der Waals surface area (Å²) in [4.78, 5) is 13.9. The van der Waals surface area contributed by atoms with Crippen LogP contribution < -0.4 is 5.32 Å². The number of nitrogens with zero attached hydrogens (tertiary/aromatic N) is 2. The van der Waals surface area contributed by atoms with Gasteiger partial charge in [0.2, 0.25) is 5.76 Å². The molecule has 0 aliphatic carbocycles. The molecule has 1 amide bonds. The highest BCUT2D eigenvalue weighted by Crippen LogP contribution is 2.27. The van der Waals surface area contributed by atoms with Gasteiger partial charge in [0, 0.05) is 24.7 Å². The molecule has 2 aliphatic heterocycles. The minimum Gasteiger partial charge on any atom is -0.351 e. The van der Waals surface area contributed by atoms with E-state index < -0.39 is 0 Å². The molecule has 86 valence electrons. The summed E-state index contributed by atoms with van der Waals surface area (Å²) in [7, 11) is 0. The third-order valence-electron chi connectivity index (χ3n) is 3.44. The summed E-state index contributed by atoms with van der Waals surface area (Å²) in [6.45, 7) is 3.69. The van der Waals surface area contributed by atoms with Crippen molar-refractivity contribution >= 4 is 5.91 Å². The molecular formula is C11H15N3O2. The highest BCUT2D eigenvalue weighted by molar-refractivity contribution is 5.92. The molecule has 2 atom stereocenters. The number of fused-ring (bicyclic) bond motifs is 1. The van der Waals surface area contributed by atoms with Crippen LogP contribution in [-0.4, -0.2) is 41.1 Å². The number of aryl methyl sites for hydroxylation is 1. The monoisotopic (exact) mass is 221 g/mol. The van der Waals surface area contributed by atoms with Gasteiger partial charge in [0.1, 0.15) is 0 Å². The molecule has 3 rings (SSSR count). The van der Waals surface area contributed by atoms with Gasteiger partial charge in [0.05, 0.1) is 5.69 Å². The Morgan fingerprint density at radius 3 is 3.25 bits per heavy atom. The van der Waals surface area contributed by atoms with Gasteiger partial charge in [-0.05, 0) is 26.3 Å². The summed E-state index contributed by atoms with van der Waals surface area (Å²) in [5, 5.41) is 7.16. The molecule has 3 heterocycles. The highest BCUT2D eigenvalue weighted by Gasteiger charge is 2.43. The molecule has 16 heavy (non-hydrogen) atoms. The maximum absolute atomic E-state index is 12.1. The minimum absolute atomic E-state index is 0.0226. The zero-order chi connectivity index (χ0) is 11.1. The lowest BCUT2D eigenvalue weighted by Crippen LogP contribution is -2.69. The normalized spacial score (nSPS) is 28.4. The van der Waals surface area contributed by atoms with E-state index in [2.05, 4.69) is 10.5 Å². The van der Waals surface area contributed by atoms with E-state index in [1.54, 1.807) is 6.07 Å². The fourth-order valence-electron chi connectivity index (χ4n) is 2.54. The minimum atomic E-state index is -0.0226. The van der Waals surface area contributed by atoms with Crippen LogP contribution in [0, 0.1) is 6.92 Å². The highest BCUT2D eigenvalue weighted by atomic mass is 16.5. The Labute approximate surface area is 93.8 Å². The second kappa shape index (κ2) is 3.59. The molecule has 0 saturated carbocycles. The second-order valence-electron chi connectivity index (χ2n) is 4.56. The summed E-state index contributed by atoms with van der Waals surface area (Å²) < 4.78 is 5.00. The van der Waals surface area contributed by atoms with Crippen molar-refractivity contribution in [1.82, 2.24) is 15.4 Å². The zero-order valence-corrected chi connectivity index (χ0v) is 9.27. The first-order chi connectivity index (χ1) is 7.75. The number of piperidine rings is 1. The molecule has 1 aromatic heterocycles. The van der Waals surface area contributed by atoms with Crippen LogP contribution in [0.15, 0.2) is 10.6 Å². The molecule has 5 heteroatoms. The largest absolute Gasteiger partial charge is 0.351 e. The van der Waals surface area contributed by atoms with Crippen molar-refractivity contribution in [2.45, 2.75) is 31.8 Å². The third kappa shape index (κ3) is 1.43. The van der Waals surface area contributed by atoms with Gasteiger partial charge >= 0.3 is 0 Å². The van der Waals surface area contributed by atoms with Gasteiger partial charge in [-0.3, -0.25) is 4.79 Å². The standard InChI is InChI=1S/C11H15N3O2/c1-7-5-10(16-13-7)11(15)14-6-8-9(14)3-2-4-12-8/h5,8-9,12H,2-4,6H2,1H3. The molecule has 2 saturated heterocycles. The predicted molar refractivity (Wildman–Crippen MR) is 57.1 cm³/mol. The summed E-state index contributed by atoms with van der Waals surface area (Å²) in [5.41, 5.74) is 0.752. The summed E-state index contributed by atoms with van der Waals surface area (Å²) in [6, 6.07) is 2.54. The molecule has 0 spiro atoms.